The molecule has 0 saturated heterocycles. The van der Waals surface area contributed by atoms with Gasteiger partial charge in [0.15, 0.2) is 46.0 Å². The molecule has 0 fully saturated rings. The van der Waals surface area contributed by atoms with Crippen molar-refractivity contribution < 1.29 is 115 Å². The number of fused-ring (bicyclic) bond motifs is 4. The molecule has 5 aliphatic carbocycles. The van der Waals surface area contributed by atoms with Crippen LogP contribution in [0.15, 0.2) is 248 Å². The number of carbonyl (C=O) groups is 5. The van der Waals surface area contributed by atoms with Gasteiger partial charge in [0.25, 0.3) is 5.78 Å². The monoisotopic (exact) mass is 2070 g/mol. The minimum Gasteiger partial charge on any atom is -0.502 e. The number of allylic oxidation sites excluding steroid dienone is 7. The van der Waals surface area contributed by atoms with E-state index < -0.39 is 0 Å². The smallest absolute Gasteiger partial charge is 0.261 e. The zero-order valence-electron chi connectivity index (χ0n) is 80.2. The third-order valence-corrected chi connectivity index (χ3v) is 25.3. The van der Waals surface area contributed by atoms with Crippen LogP contribution in [0.2, 0.25) is 0 Å². The molecule has 4 aromatic heterocycles. The van der Waals surface area contributed by atoms with Crippen molar-refractivity contribution in [1.82, 2.24) is 41.2 Å². The number of nitrogens with zero attached hydrogens (tertiary/aromatic N) is 4. The molecule has 0 radical (unpaired) electrons. The number of ketones is 1. The van der Waals surface area contributed by atoms with E-state index in [1.54, 1.807) is 122 Å². The van der Waals surface area contributed by atoms with Crippen molar-refractivity contribution in [2.24, 2.45) is 17.8 Å². The van der Waals surface area contributed by atoms with Crippen LogP contribution in [-0.2, 0) is 86.5 Å². The second kappa shape index (κ2) is 52.9. The molecule has 0 aliphatic heterocycles. The Morgan fingerprint density at radius 1 is 0.423 bits per heavy atom. The van der Waals surface area contributed by atoms with Crippen molar-refractivity contribution in [3.8, 4) is 51.7 Å². The largest absolute Gasteiger partial charge is 0.502 e. The second-order valence-electron chi connectivity index (χ2n) is 33.7. The maximum absolute atomic E-state index is 14.2. The van der Waals surface area contributed by atoms with E-state index in [0.717, 1.165) is 106 Å². The number of carbonyl (C=O) groups excluding carboxylic acids is 5. The number of methoxy groups -OCH3 is 8. The van der Waals surface area contributed by atoms with Gasteiger partial charge in [-0.3, -0.25) is 43.9 Å². The maximum Gasteiger partial charge on any atom is 0.261 e. The predicted octanol–water partition coefficient (Wildman–Crippen LogP) is 21.4. The number of nitrogens with one attached hydrogen (secondary N) is 4. The molecular formula is C111H117Cl2F4N8O16Pd-. The number of aromatic hydroxyl groups is 3. The Balaban J connectivity index is 0.000000208. The van der Waals surface area contributed by atoms with Gasteiger partial charge >= 0.3 is 0 Å². The fourth-order valence-corrected chi connectivity index (χ4v) is 18.2. The normalized spacial score (nSPS) is 17.3. The van der Waals surface area contributed by atoms with Crippen LogP contribution >= 0.6 is 23.2 Å². The van der Waals surface area contributed by atoms with Crippen LogP contribution in [0.3, 0.4) is 0 Å². The number of amides is 4. The standard InChI is InChI=1S/C27H29FN2O4.2C27H27FN2O4.C27H25FN2O4.CH2Cl2.CH4.CH3.Pd/c4*1-16-21(9-18-10-24(33-2)27(32)25(11-18)34-3)20-7-6-19(28)12-23(20)22(16)13-26(31)30-15-17-5-4-8-29-14-17;2-1-3;;;/h4-8,10-12,14,16,21-22,32H,9,13,15H2,1-3H3,(H,30,31);4-12,14,16,22,32H,13,15H2,1-3H3,(H,30,31);4-12,14,16,21-22H,13,15H2,1-3H3,(H,30,31);4-12,14,32H,13,15H2,1-3H3,(H,30,31);1H2;1H4;1H3;/q;;;;;;-1;/b;21-9-;;21-9-;;;;. The Hall–Kier alpha value is -14.1. The molecule has 11 aromatic rings. The molecule has 5 aliphatic rings. The molecule has 7 aromatic carbocycles. The van der Waals surface area contributed by atoms with Gasteiger partial charge in [0, 0.05) is 121 Å². The summed E-state index contributed by atoms with van der Waals surface area (Å²) in [4.78, 5) is 79.6. The molecule has 7 N–H and O–H groups in total. The van der Waals surface area contributed by atoms with Crippen LogP contribution in [0, 0.1) is 48.4 Å². The zero-order valence-corrected chi connectivity index (χ0v) is 83.3. The van der Waals surface area contributed by atoms with Crippen molar-refractivity contribution in [3.05, 3.63) is 362 Å². The number of Topliss-reactive ketones (excluding diaryl/α,β-unsaturated/α-hetero) is 1. The number of alkyl halides is 2. The van der Waals surface area contributed by atoms with Gasteiger partial charge in [-0.1, -0.05) is 88.9 Å². The SMILES string of the molecule is C.COC1=CC(=CC2c3ccc(F)cc3C(CC(=O)NCc3cccnc3)C2C)C=C(OC)C1=O.COc1cc(/C=C2/C(C)=C(CC(=O)NCc3cccnc3)c3cc(F)ccc32)cc(OC)c1O.COc1cc(/C=C2\c3ccc(F)cc3C(CC(=O)NCc3cccnc3)C2C)cc(OC)c1O.COc1cc(CC2c3ccc(F)cc3C(CC(=O)NCc3cccnc3)C2C)cc(OC)c1O.ClCCl.[CH3-].[Pd]. The number of phenols is 3. The molecule has 16 rings (SSSR count). The Morgan fingerprint density at radius 2 is 0.789 bits per heavy atom. The summed E-state index contributed by atoms with van der Waals surface area (Å²) in [6.45, 7) is 9.68. The molecule has 4 heterocycles. The molecule has 0 spiro atoms. The fourth-order valence-electron chi connectivity index (χ4n) is 18.2. The van der Waals surface area contributed by atoms with E-state index in [-0.39, 0.29) is 207 Å². The summed E-state index contributed by atoms with van der Waals surface area (Å²) in [6.07, 6.45) is 24.4. The van der Waals surface area contributed by atoms with Crippen molar-refractivity contribution in [1.29, 1.82) is 0 Å². The Bertz CT molecular complexity index is 6350. The van der Waals surface area contributed by atoms with E-state index in [1.165, 1.54) is 99.3 Å². The average Bonchev–Trinajstić information content (AvgIpc) is 1.63. The predicted molar refractivity (Wildman–Crippen MR) is 538 cm³/mol. The molecule has 8 atom stereocenters. The fraction of sp³-hybridized carbons (Fsp3) is 0.279. The molecule has 4 amide bonds. The molecule has 8 unspecified atom stereocenters. The van der Waals surface area contributed by atoms with Crippen LogP contribution in [0.5, 0.6) is 51.7 Å². The topological polar surface area (TPSA) is 320 Å². The number of hydrogen-bond acceptors (Lipinski definition) is 20. The zero-order chi connectivity index (χ0) is 99.7. The van der Waals surface area contributed by atoms with Crippen LogP contribution in [0.25, 0.3) is 28.9 Å². The minimum atomic E-state index is -0.367. The first-order valence-corrected chi connectivity index (χ1v) is 45.8. The Labute approximate surface area is 849 Å². The molecule has 24 nitrogen and oxygen atoms in total. The van der Waals surface area contributed by atoms with E-state index in [9.17, 15) is 56.9 Å². The van der Waals surface area contributed by atoms with Crippen LogP contribution in [0.4, 0.5) is 17.6 Å². The summed E-state index contributed by atoms with van der Waals surface area (Å²) in [6, 6.07) is 44.2. The summed E-state index contributed by atoms with van der Waals surface area (Å²) in [5.74, 6) is -0.406. The van der Waals surface area contributed by atoms with Gasteiger partial charge in [0.05, 0.1) is 68.6 Å². The van der Waals surface area contributed by atoms with E-state index >= 15 is 0 Å². The van der Waals surface area contributed by atoms with Gasteiger partial charge in [-0.2, -0.15) is 0 Å². The van der Waals surface area contributed by atoms with Crippen molar-refractivity contribution in [3.63, 3.8) is 0 Å². The molecule has 31 heteroatoms. The average molecular weight is 2070 g/mol. The summed E-state index contributed by atoms with van der Waals surface area (Å²) in [5, 5.41) is 42.6. The molecule has 0 saturated carbocycles. The number of hydrogen-bond donors (Lipinski definition) is 7. The first-order valence-electron chi connectivity index (χ1n) is 44.7. The Kier molecular flexibility index (Phi) is 41.6. The number of phenolic OH excluding ortho intramolecular Hbond substituents is 3. The summed E-state index contributed by atoms with van der Waals surface area (Å²) < 4.78 is 98.8. The second-order valence-corrected chi connectivity index (χ2v) is 34.5. The van der Waals surface area contributed by atoms with Crippen LogP contribution < -0.4 is 49.7 Å². The van der Waals surface area contributed by atoms with Gasteiger partial charge < -0.3 is 81.9 Å². The first-order chi connectivity index (χ1) is 67.0. The third kappa shape index (κ3) is 27.8. The third-order valence-electron chi connectivity index (χ3n) is 25.3. The molecular weight excluding hydrogens is 1950 g/mol. The van der Waals surface area contributed by atoms with Crippen LogP contribution in [0.1, 0.15) is 174 Å². The van der Waals surface area contributed by atoms with Gasteiger partial charge in [0.2, 0.25) is 40.9 Å². The molecule has 142 heavy (non-hydrogen) atoms. The number of benzene rings is 7. The van der Waals surface area contributed by atoms with E-state index in [0.29, 0.717) is 61.2 Å². The number of rotatable bonds is 29. The minimum absolute atomic E-state index is 0. The summed E-state index contributed by atoms with van der Waals surface area (Å²) >= 11 is 9.53. The molecule has 0 bridgehead atoms. The van der Waals surface area contributed by atoms with E-state index in [1.807, 2.05) is 86.7 Å². The quantitative estimate of drug-likeness (QED) is 0.00991. The number of halogens is 6. The van der Waals surface area contributed by atoms with Crippen LogP contribution in [-0.4, -0.2) is 127 Å². The van der Waals surface area contributed by atoms with Gasteiger partial charge in [0.1, 0.15) is 23.3 Å². The van der Waals surface area contributed by atoms with E-state index in [4.69, 9.17) is 61.1 Å². The first kappa shape index (κ1) is 112. The van der Waals surface area contributed by atoms with Gasteiger partial charge in [-0.25, -0.2) is 17.6 Å². The van der Waals surface area contributed by atoms with Gasteiger partial charge in [-0.05, 0) is 294 Å². The van der Waals surface area contributed by atoms with Crippen molar-refractivity contribution >= 4 is 81.5 Å². The molecule has 750 valence electrons. The maximum atomic E-state index is 14.2. The number of ether oxygens (including phenoxy) is 8. The van der Waals surface area contributed by atoms with E-state index in [2.05, 4.69) is 55.1 Å². The summed E-state index contributed by atoms with van der Waals surface area (Å²) in [5.41, 5.74) is 17.3. The summed E-state index contributed by atoms with van der Waals surface area (Å²) in [7, 11) is 11.7. The van der Waals surface area contributed by atoms with Crippen molar-refractivity contribution in [2.75, 3.05) is 62.2 Å². The Morgan fingerprint density at radius 3 is 1.20 bits per heavy atom. The number of pyridine rings is 4. The number of aromatic nitrogens is 4. The van der Waals surface area contributed by atoms with Crippen molar-refractivity contribution in [2.45, 2.75) is 123 Å². The van der Waals surface area contributed by atoms with Gasteiger partial charge in [-0.15, -0.1) is 23.2 Å².